The number of nitrogens with one attached hydrogen (secondary N) is 1. The Hall–Kier alpha value is -1.82. The molecule has 1 aromatic carbocycles. The molecule has 1 aromatic heterocycles. The highest BCUT2D eigenvalue weighted by atomic mass is 32.2. The maximum atomic E-state index is 12.8. The summed E-state index contributed by atoms with van der Waals surface area (Å²) < 4.78 is 14.8. The summed E-state index contributed by atoms with van der Waals surface area (Å²) in [5, 5.41) is 3.65. The fourth-order valence-corrected chi connectivity index (χ4v) is 2.71. The lowest BCUT2D eigenvalue weighted by Crippen LogP contribution is -2.24. The average molecular weight is 307 g/mol. The molecule has 2 rings (SSSR count). The van der Waals surface area contributed by atoms with E-state index < -0.39 is 0 Å². The van der Waals surface area contributed by atoms with E-state index in [9.17, 15) is 9.18 Å². The molecule has 0 saturated carbocycles. The van der Waals surface area contributed by atoms with Crippen LogP contribution in [0.15, 0.2) is 41.8 Å². The second-order valence-electron chi connectivity index (χ2n) is 4.90. The van der Waals surface area contributed by atoms with Crippen molar-refractivity contribution in [3.8, 4) is 0 Å². The van der Waals surface area contributed by atoms with Crippen LogP contribution in [0.25, 0.3) is 0 Å². The van der Waals surface area contributed by atoms with E-state index in [-0.39, 0.29) is 11.7 Å². The molecule has 1 amide bonds. The molecule has 0 aliphatic heterocycles. The van der Waals surface area contributed by atoms with Crippen LogP contribution in [-0.2, 0) is 11.3 Å². The Kier molecular flexibility index (Phi) is 5.38. The summed E-state index contributed by atoms with van der Waals surface area (Å²) in [6.45, 7) is 4.54. The van der Waals surface area contributed by atoms with Crippen LogP contribution in [0.5, 0.6) is 0 Å². The predicted molar refractivity (Wildman–Crippen MR) is 81.6 cm³/mol. The summed E-state index contributed by atoms with van der Waals surface area (Å²) in [4.78, 5) is 16.1. The van der Waals surface area contributed by atoms with Gasteiger partial charge in [0.15, 0.2) is 5.16 Å². The topological polar surface area (TPSA) is 46.9 Å². The number of hydrogen-bond donors (Lipinski definition) is 1. The van der Waals surface area contributed by atoms with Gasteiger partial charge in [-0.15, -0.1) is 0 Å². The lowest BCUT2D eigenvalue weighted by molar-refractivity contribution is -0.118. The fraction of sp³-hybridized carbons (Fsp3) is 0.333. The van der Waals surface area contributed by atoms with E-state index in [1.165, 1.54) is 23.9 Å². The molecule has 0 bridgehead atoms. The number of amides is 1. The van der Waals surface area contributed by atoms with Crippen molar-refractivity contribution in [2.75, 3.05) is 5.75 Å². The third-order valence-electron chi connectivity index (χ3n) is 2.92. The van der Waals surface area contributed by atoms with Crippen LogP contribution in [-0.4, -0.2) is 21.2 Å². The van der Waals surface area contributed by atoms with E-state index in [0.29, 0.717) is 18.3 Å². The molecule has 0 atom stereocenters. The molecule has 2 aromatic rings. The fourth-order valence-electron chi connectivity index (χ4n) is 1.79. The smallest absolute Gasteiger partial charge is 0.230 e. The summed E-state index contributed by atoms with van der Waals surface area (Å²) in [7, 11) is 0. The normalized spacial score (nSPS) is 10.9. The first-order valence-electron chi connectivity index (χ1n) is 6.73. The number of hydrogen-bond acceptors (Lipinski definition) is 3. The molecule has 0 saturated heterocycles. The number of nitrogens with zero attached hydrogens (tertiary/aromatic N) is 2. The number of carbonyl (C=O) groups excluding carboxylic acids is 1. The van der Waals surface area contributed by atoms with Gasteiger partial charge in [0.05, 0.1) is 5.75 Å². The molecule has 112 valence electrons. The Bertz CT molecular complexity index is 595. The molecule has 1 N–H and O–H groups in total. The zero-order chi connectivity index (χ0) is 15.2. The SMILES string of the molecule is CC(C)n1ccnc1SCC(=O)NCc1ccc(F)cc1. The van der Waals surface area contributed by atoms with Crippen molar-refractivity contribution in [2.45, 2.75) is 31.6 Å². The van der Waals surface area contributed by atoms with E-state index in [4.69, 9.17) is 0 Å². The number of rotatable bonds is 6. The lowest BCUT2D eigenvalue weighted by Gasteiger charge is -2.10. The van der Waals surface area contributed by atoms with Gasteiger partial charge in [-0.25, -0.2) is 9.37 Å². The van der Waals surface area contributed by atoms with Crippen molar-refractivity contribution in [3.63, 3.8) is 0 Å². The molecule has 0 radical (unpaired) electrons. The van der Waals surface area contributed by atoms with E-state index in [1.807, 2.05) is 10.8 Å². The summed E-state index contributed by atoms with van der Waals surface area (Å²) >= 11 is 1.41. The van der Waals surface area contributed by atoms with Gasteiger partial charge < -0.3 is 9.88 Å². The molecule has 0 fully saturated rings. The van der Waals surface area contributed by atoms with Gasteiger partial charge in [0, 0.05) is 25.0 Å². The minimum absolute atomic E-state index is 0.0670. The van der Waals surface area contributed by atoms with Crippen molar-refractivity contribution in [1.82, 2.24) is 14.9 Å². The van der Waals surface area contributed by atoms with Gasteiger partial charge in [-0.3, -0.25) is 4.79 Å². The van der Waals surface area contributed by atoms with Crippen LogP contribution < -0.4 is 5.32 Å². The Morgan fingerprint density at radius 3 is 2.76 bits per heavy atom. The third-order valence-corrected chi connectivity index (χ3v) is 3.91. The van der Waals surface area contributed by atoms with Crippen molar-refractivity contribution in [2.24, 2.45) is 0 Å². The molecule has 0 spiro atoms. The van der Waals surface area contributed by atoms with Crippen LogP contribution in [0.1, 0.15) is 25.5 Å². The van der Waals surface area contributed by atoms with E-state index in [1.54, 1.807) is 18.3 Å². The minimum Gasteiger partial charge on any atom is -0.351 e. The molecule has 1 heterocycles. The van der Waals surface area contributed by atoms with Gasteiger partial charge in [0.25, 0.3) is 0 Å². The number of imidazole rings is 1. The van der Waals surface area contributed by atoms with Crippen molar-refractivity contribution in [3.05, 3.63) is 48.0 Å². The number of thioether (sulfide) groups is 1. The van der Waals surface area contributed by atoms with E-state index in [2.05, 4.69) is 24.1 Å². The highest BCUT2D eigenvalue weighted by Gasteiger charge is 2.09. The van der Waals surface area contributed by atoms with Crippen LogP contribution in [0, 0.1) is 5.82 Å². The van der Waals surface area contributed by atoms with Gasteiger partial charge >= 0.3 is 0 Å². The Morgan fingerprint density at radius 2 is 2.10 bits per heavy atom. The Morgan fingerprint density at radius 1 is 1.38 bits per heavy atom. The molecule has 0 aliphatic carbocycles. The van der Waals surface area contributed by atoms with Gasteiger partial charge in [-0.2, -0.15) is 0 Å². The molecule has 0 aliphatic rings. The van der Waals surface area contributed by atoms with Gasteiger partial charge in [-0.1, -0.05) is 23.9 Å². The average Bonchev–Trinajstić information content (AvgIpc) is 2.93. The van der Waals surface area contributed by atoms with E-state index >= 15 is 0 Å². The van der Waals surface area contributed by atoms with E-state index in [0.717, 1.165) is 10.7 Å². The summed E-state index contributed by atoms with van der Waals surface area (Å²) in [5.74, 6) is -0.0333. The summed E-state index contributed by atoms with van der Waals surface area (Å²) in [5.41, 5.74) is 0.874. The molecule has 21 heavy (non-hydrogen) atoms. The zero-order valence-corrected chi connectivity index (χ0v) is 12.9. The maximum absolute atomic E-state index is 12.8. The molecule has 4 nitrogen and oxygen atoms in total. The zero-order valence-electron chi connectivity index (χ0n) is 12.0. The van der Waals surface area contributed by atoms with Crippen molar-refractivity contribution < 1.29 is 9.18 Å². The highest BCUT2D eigenvalue weighted by molar-refractivity contribution is 7.99. The monoisotopic (exact) mass is 307 g/mol. The third kappa shape index (κ3) is 4.60. The number of halogens is 1. The Balaban J connectivity index is 1.79. The first kappa shape index (κ1) is 15.6. The standard InChI is InChI=1S/C15H18FN3OS/c1-11(2)19-8-7-17-15(19)21-10-14(20)18-9-12-3-5-13(16)6-4-12/h3-8,11H,9-10H2,1-2H3,(H,18,20). The second kappa shape index (κ2) is 7.26. The van der Waals surface area contributed by atoms with Crippen LogP contribution in [0.2, 0.25) is 0 Å². The first-order valence-corrected chi connectivity index (χ1v) is 7.71. The minimum atomic E-state index is -0.277. The van der Waals surface area contributed by atoms with Crippen LogP contribution >= 0.6 is 11.8 Å². The largest absolute Gasteiger partial charge is 0.351 e. The van der Waals surface area contributed by atoms with Crippen LogP contribution in [0.3, 0.4) is 0 Å². The van der Waals surface area contributed by atoms with Crippen LogP contribution in [0.4, 0.5) is 4.39 Å². The van der Waals surface area contributed by atoms with Gasteiger partial charge in [-0.05, 0) is 31.5 Å². The lowest BCUT2D eigenvalue weighted by atomic mass is 10.2. The maximum Gasteiger partial charge on any atom is 0.230 e. The summed E-state index contributed by atoms with van der Waals surface area (Å²) in [6.07, 6.45) is 3.64. The van der Waals surface area contributed by atoms with Gasteiger partial charge in [0.1, 0.15) is 5.82 Å². The van der Waals surface area contributed by atoms with Crippen molar-refractivity contribution in [1.29, 1.82) is 0 Å². The quantitative estimate of drug-likeness (QED) is 0.835. The Labute approximate surface area is 127 Å². The second-order valence-corrected chi connectivity index (χ2v) is 5.85. The summed E-state index contributed by atoms with van der Waals surface area (Å²) in [6, 6.07) is 6.41. The molecule has 0 unspecified atom stereocenters. The number of carbonyl (C=O) groups is 1. The molecular formula is C15H18FN3OS. The predicted octanol–water partition coefficient (Wildman–Crippen LogP) is 3.01. The first-order chi connectivity index (χ1) is 10.1. The molecule has 6 heteroatoms. The number of aromatic nitrogens is 2. The van der Waals surface area contributed by atoms with Gasteiger partial charge in [0.2, 0.25) is 5.91 Å². The number of benzene rings is 1. The highest BCUT2D eigenvalue weighted by Crippen LogP contribution is 2.19. The van der Waals surface area contributed by atoms with Crippen molar-refractivity contribution >= 4 is 17.7 Å². The molecular weight excluding hydrogens is 289 g/mol.